The van der Waals surface area contributed by atoms with Crippen molar-refractivity contribution < 1.29 is 14.5 Å². The molecule has 3 rings (SSSR count). The number of thioether (sulfide) groups is 1. The van der Waals surface area contributed by atoms with Gasteiger partial charge in [0.05, 0.1) is 38.6 Å². The van der Waals surface area contributed by atoms with E-state index in [0.29, 0.717) is 12.4 Å². The molecule has 26 heavy (non-hydrogen) atoms. The molecule has 0 fully saturated rings. The monoisotopic (exact) mass is 374 g/mol. The predicted octanol–water partition coefficient (Wildman–Crippen LogP) is 0.127. The van der Waals surface area contributed by atoms with Crippen LogP contribution in [0.5, 0.6) is 0 Å². The SMILES string of the molecule is Cc1cccc(-n2nc3c(c2NC(=O)C(=O)NCC[NH+](C)C)CSC3)c1. The molecule has 2 amide bonds. The topological polar surface area (TPSA) is 80.5 Å². The Morgan fingerprint density at radius 3 is 2.81 bits per heavy atom. The maximum absolute atomic E-state index is 12.4. The molecular formula is C18H24N5O2S+. The van der Waals surface area contributed by atoms with Crippen LogP contribution in [0.2, 0.25) is 0 Å². The first-order chi connectivity index (χ1) is 12.5. The quantitative estimate of drug-likeness (QED) is 0.650. The van der Waals surface area contributed by atoms with Crippen molar-refractivity contribution in [3.8, 4) is 5.69 Å². The lowest BCUT2D eigenvalue weighted by atomic mass is 10.2. The number of carbonyl (C=O) groups excluding carboxylic acids is 2. The predicted molar refractivity (Wildman–Crippen MR) is 103 cm³/mol. The lowest BCUT2D eigenvalue weighted by Gasteiger charge is -2.12. The lowest BCUT2D eigenvalue weighted by molar-refractivity contribution is -0.856. The molecule has 0 spiro atoms. The van der Waals surface area contributed by atoms with E-state index in [1.165, 1.54) is 4.90 Å². The summed E-state index contributed by atoms with van der Waals surface area (Å²) in [6.45, 7) is 3.22. The molecular weight excluding hydrogens is 350 g/mol. The summed E-state index contributed by atoms with van der Waals surface area (Å²) in [4.78, 5) is 25.7. The summed E-state index contributed by atoms with van der Waals surface area (Å²) in [5.41, 5.74) is 3.93. The normalized spacial score (nSPS) is 12.9. The van der Waals surface area contributed by atoms with E-state index in [9.17, 15) is 9.59 Å². The fourth-order valence-corrected chi connectivity index (χ4v) is 3.79. The molecule has 0 saturated carbocycles. The van der Waals surface area contributed by atoms with Crippen molar-refractivity contribution in [3.05, 3.63) is 41.1 Å². The highest BCUT2D eigenvalue weighted by Crippen LogP contribution is 2.36. The van der Waals surface area contributed by atoms with Gasteiger partial charge in [-0.05, 0) is 24.6 Å². The molecule has 0 unspecified atom stereocenters. The largest absolute Gasteiger partial charge is 0.342 e. The highest BCUT2D eigenvalue weighted by atomic mass is 32.2. The number of amides is 2. The van der Waals surface area contributed by atoms with E-state index in [2.05, 4.69) is 15.7 Å². The third kappa shape index (κ3) is 4.08. The third-order valence-corrected chi connectivity index (χ3v) is 5.12. The van der Waals surface area contributed by atoms with Crippen LogP contribution in [0.4, 0.5) is 5.82 Å². The van der Waals surface area contributed by atoms with Gasteiger partial charge in [0.1, 0.15) is 5.82 Å². The van der Waals surface area contributed by atoms with Gasteiger partial charge < -0.3 is 15.5 Å². The van der Waals surface area contributed by atoms with Crippen LogP contribution in [-0.4, -0.2) is 48.8 Å². The molecule has 0 bridgehead atoms. The fraction of sp³-hybridized carbons (Fsp3) is 0.389. The second-order valence-corrected chi connectivity index (χ2v) is 7.67. The number of aryl methyl sites for hydroxylation is 1. The molecule has 3 N–H and O–H groups in total. The van der Waals surface area contributed by atoms with Gasteiger partial charge >= 0.3 is 11.8 Å². The number of anilines is 1. The minimum atomic E-state index is -0.660. The number of rotatable bonds is 5. The Hall–Kier alpha value is -2.32. The summed E-state index contributed by atoms with van der Waals surface area (Å²) >= 11 is 1.75. The van der Waals surface area contributed by atoms with E-state index in [-0.39, 0.29) is 0 Å². The zero-order valence-electron chi connectivity index (χ0n) is 15.3. The molecule has 0 atom stereocenters. The Bertz CT molecular complexity index is 831. The second-order valence-electron chi connectivity index (χ2n) is 6.68. The van der Waals surface area contributed by atoms with Crippen molar-refractivity contribution in [1.29, 1.82) is 0 Å². The molecule has 0 saturated heterocycles. The highest BCUT2D eigenvalue weighted by molar-refractivity contribution is 7.98. The summed E-state index contributed by atoms with van der Waals surface area (Å²) in [7, 11) is 3.99. The number of likely N-dealkylation sites (N-methyl/N-ethyl adjacent to an activating group) is 1. The standard InChI is InChI=1S/C18H23N5O2S/c1-12-5-4-6-13(9-12)23-16(14-10-26-11-15(14)21-23)20-18(25)17(24)19-7-8-22(2)3/h4-6,9H,7-8,10-11H2,1-3H3,(H,19,24)(H,20,25)/p+1. The lowest BCUT2D eigenvalue weighted by Crippen LogP contribution is -3.06. The number of carbonyl (C=O) groups is 2. The number of hydrogen-bond donors (Lipinski definition) is 3. The van der Waals surface area contributed by atoms with E-state index in [4.69, 9.17) is 0 Å². The summed E-state index contributed by atoms with van der Waals surface area (Å²) in [5, 5.41) is 10.1. The molecule has 0 aliphatic carbocycles. The average Bonchev–Trinajstić information content (AvgIpc) is 3.17. The second kappa shape index (κ2) is 7.92. The summed E-state index contributed by atoms with van der Waals surface area (Å²) in [6.07, 6.45) is 0. The smallest absolute Gasteiger partial charge is 0.314 e. The molecule has 7 nitrogen and oxygen atoms in total. The zero-order chi connectivity index (χ0) is 18.7. The number of hydrogen-bond acceptors (Lipinski definition) is 4. The maximum Gasteiger partial charge on any atom is 0.314 e. The van der Waals surface area contributed by atoms with Crippen LogP contribution >= 0.6 is 11.8 Å². The van der Waals surface area contributed by atoms with Gasteiger partial charge in [0.2, 0.25) is 0 Å². The van der Waals surface area contributed by atoms with Crippen LogP contribution in [0.15, 0.2) is 24.3 Å². The Morgan fingerprint density at radius 1 is 1.27 bits per heavy atom. The Morgan fingerprint density at radius 2 is 2.08 bits per heavy atom. The Kier molecular flexibility index (Phi) is 5.63. The number of fused-ring (bicyclic) bond motifs is 1. The van der Waals surface area contributed by atoms with Crippen molar-refractivity contribution in [2.75, 3.05) is 32.5 Å². The number of aromatic nitrogens is 2. The number of nitrogens with one attached hydrogen (secondary N) is 3. The summed E-state index contributed by atoms with van der Waals surface area (Å²) < 4.78 is 1.73. The molecule has 1 aliphatic rings. The molecule has 1 aromatic carbocycles. The van der Waals surface area contributed by atoms with Crippen LogP contribution in [0.1, 0.15) is 16.8 Å². The average molecular weight is 374 g/mol. The zero-order valence-corrected chi connectivity index (χ0v) is 16.1. The van der Waals surface area contributed by atoms with Gasteiger partial charge in [0.15, 0.2) is 0 Å². The van der Waals surface area contributed by atoms with Crippen LogP contribution < -0.4 is 15.5 Å². The minimum absolute atomic E-state index is 0.458. The minimum Gasteiger partial charge on any atom is -0.342 e. The summed E-state index contributed by atoms with van der Waals surface area (Å²) in [5.74, 6) is 0.904. The van der Waals surface area contributed by atoms with E-state index in [1.54, 1.807) is 16.4 Å². The van der Waals surface area contributed by atoms with Gasteiger partial charge in [-0.25, -0.2) is 4.68 Å². The molecule has 1 aliphatic heterocycles. The molecule has 138 valence electrons. The molecule has 1 aromatic heterocycles. The van der Waals surface area contributed by atoms with E-state index in [0.717, 1.165) is 40.6 Å². The van der Waals surface area contributed by atoms with Gasteiger partial charge in [-0.15, -0.1) is 0 Å². The van der Waals surface area contributed by atoms with E-state index < -0.39 is 11.8 Å². The van der Waals surface area contributed by atoms with Gasteiger partial charge in [-0.1, -0.05) is 12.1 Å². The number of quaternary nitrogens is 1. The van der Waals surface area contributed by atoms with Gasteiger partial charge in [-0.2, -0.15) is 16.9 Å². The van der Waals surface area contributed by atoms with Crippen molar-refractivity contribution >= 4 is 29.4 Å². The first-order valence-corrected chi connectivity index (χ1v) is 9.75. The van der Waals surface area contributed by atoms with Crippen LogP contribution in [0, 0.1) is 6.92 Å². The van der Waals surface area contributed by atoms with Gasteiger partial charge in [-0.3, -0.25) is 9.59 Å². The van der Waals surface area contributed by atoms with Crippen molar-refractivity contribution in [3.63, 3.8) is 0 Å². The van der Waals surface area contributed by atoms with Gasteiger partial charge in [0.25, 0.3) is 0 Å². The maximum atomic E-state index is 12.4. The van der Waals surface area contributed by atoms with Gasteiger partial charge in [0, 0.05) is 17.1 Å². The molecule has 8 heteroatoms. The third-order valence-electron chi connectivity index (χ3n) is 4.15. The Labute approximate surface area is 157 Å². The van der Waals surface area contributed by atoms with Crippen molar-refractivity contribution in [1.82, 2.24) is 15.1 Å². The first-order valence-electron chi connectivity index (χ1n) is 8.59. The molecule has 0 radical (unpaired) electrons. The number of benzene rings is 1. The van der Waals surface area contributed by atoms with Crippen molar-refractivity contribution in [2.24, 2.45) is 0 Å². The molecule has 2 aromatic rings. The number of nitrogens with zero attached hydrogens (tertiary/aromatic N) is 2. The van der Waals surface area contributed by atoms with Crippen LogP contribution in [0.3, 0.4) is 0 Å². The fourth-order valence-electron chi connectivity index (χ4n) is 2.76. The Balaban J connectivity index is 1.81. The highest BCUT2D eigenvalue weighted by Gasteiger charge is 2.26. The first kappa shape index (κ1) is 18.5. The van der Waals surface area contributed by atoms with Crippen molar-refractivity contribution in [2.45, 2.75) is 18.4 Å². The van der Waals surface area contributed by atoms with Crippen LogP contribution in [0.25, 0.3) is 5.69 Å². The summed E-state index contributed by atoms with van der Waals surface area (Å²) in [6, 6.07) is 7.91. The van der Waals surface area contributed by atoms with E-state index in [1.807, 2.05) is 45.3 Å². The van der Waals surface area contributed by atoms with Crippen LogP contribution in [-0.2, 0) is 21.1 Å². The van der Waals surface area contributed by atoms with E-state index >= 15 is 0 Å². The molecule has 2 heterocycles.